The number of hydrogen-bond donors (Lipinski definition) is 4. The lowest BCUT2D eigenvalue weighted by Crippen LogP contribution is -2.22. The molecular weight excluding hydrogens is 204 g/mol. The number of H-pyrrole nitrogens is 1. The Morgan fingerprint density at radius 2 is 2.12 bits per heavy atom. The molecule has 0 radical (unpaired) electrons. The molecule has 0 unspecified atom stereocenters. The zero-order chi connectivity index (χ0) is 11.5. The molecule has 1 heterocycles. The van der Waals surface area contributed by atoms with Gasteiger partial charge in [-0.1, -0.05) is 12.1 Å². The Hall–Kier alpha value is -2.50. The minimum absolute atomic E-state index is 0.0338. The van der Waals surface area contributed by atoms with Gasteiger partial charge in [0.2, 0.25) is 5.95 Å². The van der Waals surface area contributed by atoms with Gasteiger partial charge in [0, 0.05) is 11.3 Å². The Morgan fingerprint density at radius 1 is 1.31 bits per heavy atom. The SMILES string of the molecule is NC(N)=Nc1ncc(-c2cccc(N)c2)[nH]1. The van der Waals surface area contributed by atoms with Gasteiger partial charge in [0.25, 0.3) is 0 Å². The van der Waals surface area contributed by atoms with E-state index in [-0.39, 0.29) is 5.96 Å². The van der Waals surface area contributed by atoms with Gasteiger partial charge in [0.1, 0.15) is 0 Å². The van der Waals surface area contributed by atoms with Crippen LogP contribution in [0.25, 0.3) is 11.3 Å². The third-order valence-electron chi connectivity index (χ3n) is 2.00. The quantitative estimate of drug-likeness (QED) is 0.333. The molecule has 0 aliphatic rings. The van der Waals surface area contributed by atoms with Gasteiger partial charge in [-0.3, -0.25) is 0 Å². The number of imidazole rings is 1. The Bertz CT molecular complexity index is 524. The Morgan fingerprint density at radius 3 is 2.81 bits per heavy atom. The summed E-state index contributed by atoms with van der Waals surface area (Å²) in [5.41, 5.74) is 18.6. The van der Waals surface area contributed by atoms with Crippen LogP contribution in [-0.4, -0.2) is 15.9 Å². The van der Waals surface area contributed by atoms with Crippen LogP contribution in [0.1, 0.15) is 0 Å². The normalized spacial score (nSPS) is 10.0. The smallest absolute Gasteiger partial charge is 0.230 e. The minimum Gasteiger partial charge on any atom is -0.399 e. The van der Waals surface area contributed by atoms with Crippen LogP contribution in [-0.2, 0) is 0 Å². The molecule has 0 saturated heterocycles. The van der Waals surface area contributed by atoms with Gasteiger partial charge in [-0.25, -0.2) is 4.98 Å². The highest BCUT2D eigenvalue weighted by atomic mass is 15.1. The molecule has 2 rings (SSSR count). The predicted octanol–water partition coefficient (Wildman–Crippen LogP) is 0.564. The number of aliphatic imine (C=N–C) groups is 1. The first kappa shape index (κ1) is 10.0. The van der Waals surface area contributed by atoms with E-state index in [0.29, 0.717) is 11.6 Å². The third kappa shape index (κ3) is 2.11. The van der Waals surface area contributed by atoms with E-state index < -0.39 is 0 Å². The van der Waals surface area contributed by atoms with Crippen molar-refractivity contribution < 1.29 is 0 Å². The molecule has 6 heteroatoms. The maximum Gasteiger partial charge on any atom is 0.230 e. The maximum atomic E-state index is 5.68. The van der Waals surface area contributed by atoms with E-state index in [4.69, 9.17) is 17.2 Å². The molecule has 1 aromatic heterocycles. The van der Waals surface area contributed by atoms with E-state index in [1.165, 1.54) is 0 Å². The molecule has 2 aromatic rings. The predicted molar refractivity (Wildman–Crippen MR) is 63.9 cm³/mol. The molecule has 82 valence electrons. The van der Waals surface area contributed by atoms with E-state index >= 15 is 0 Å². The monoisotopic (exact) mass is 216 g/mol. The summed E-state index contributed by atoms with van der Waals surface area (Å²) < 4.78 is 0. The summed E-state index contributed by atoms with van der Waals surface area (Å²) in [6.45, 7) is 0. The van der Waals surface area contributed by atoms with Crippen molar-refractivity contribution >= 4 is 17.6 Å². The van der Waals surface area contributed by atoms with Crippen LogP contribution in [0.3, 0.4) is 0 Å². The number of nitrogens with zero attached hydrogens (tertiary/aromatic N) is 2. The topological polar surface area (TPSA) is 119 Å². The highest BCUT2D eigenvalue weighted by Gasteiger charge is 2.02. The highest BCUT2D eigenvalue weighted by molar-refractivity contribution is 5.78. The average Bonchev–Trinajstić information content (AvgIpc) is 2.65. The molecule has 0 aliphatic carbocycles. The van der Waals surface area contributed by atoms with Crippen molar-refractivity contribution in [2.45, 2.75) is 0 Å². The molecule has 0 bridgehead atoms. The lowest BCUT2D eigenvalue weighted by Gasteiger charge is -1.98. The number of aromatic amines is 1. The first-order valence-electron chi connectivity index (χ1n) is 4.66. The number of nitrogens with two attached hydrogens (primary N) is 3. The molecule has 0 aliphatic heterocycles. The first-order chi connectivity index (χ1) is 7.65. The van der Waals surface area contributed by atoms with Crippen molar-refractivity contribution in [3.63, 3.8) is 0 Å². The van der Waals surface area contributed by atoms with Crippen molar-refractivity contribution in [3.8, 4) is 11.3 Å². The molecule has 0 saturated carbocycles. The number of nitrogens with one attached hydrogen (secondary N) is 1. The summed E-state index contributed by atoms with van der Waals surface area (Å²) in [5.74, 6) is 0.339. The number of hydrogen-bond acceptors (Lipinski definition) is 3. The molecule has 0 fully saturated rings. The van der Waals surface area contributed by atoms with Crippen LogP contribution in [0.15, 0.2) is 35.5 Å². The third-order valence-corrected chi connectivity index (χ3v) is 2.00. The van der Waals surface area contributed by atoms with Crippen molar-refractivity contribution in [1.29, 1.82) is 0 Å². The van der Waals surface area contributed by atoms with Crippen LogP contribution in [0.5, 0.6) is 0 Å². The maximum absolute atomic E-state index is 5.68. The van der Waals surface area contributed by atoms with Gasteiger partial charge >= 0.3 is 0 Å². The van der Waals surface area contributed by atoms with Crippen molar-refractivity contribution in [2.24, 2.45) is 16.5 Å². The number of nitrogen functional groups attached to an aromatic ring is 1. The fraction of sp³-hybridized carbons (Fsp3) is 0. The van der Waals surface area contributed by atoms with Crippen LogP contribution in [0.2, 0.25) is 0 Å². The zero-order valence-corrected chi connectivity index (χ0v) is 8.51. The summed E-state index contributed by atoms with van der Waals surface area (Å²) in [6, 6.07) is 7.44. The number of anilines is 1. The fourth-order valence-corrected chi connectivity index (χ4v) is 1.34. The highest BCUT2D eigenvalue weighted by Crippen LogP contribution is 2.21. The minimum atomic E-state index is -0.0338. The summed E-state index contributed by atoms with van der Waals surface area (Å²) in [4.78, 5) is 10.8. The van der Waals surface area contributed by atoms with Gasteiger partial charge in [0.05, 0.1) is 11.9 Å². The summed E-state index contributed by atoms with van der Waals surface area (Å²) in [7, 11) is 0. The lowest BCUT2D eigenvalue weighted by molar-refractivity contribution is 1.23. The second-order valence-corrected chi connectivity index (χ2v) is 3.28. The summed E-state index contributed by atoms with van der Waals surface area (Å²) in [5, 5.41) is 0. The van der Waals surface area contributed by atoms with Crippen LogP contribution in [0.4, 0.5) is 11.6 Å². The van der Waals surface area contributed by atoms with Gasteiger partial charge in [-0.05, 0) is 12.1 Å². The van der Waals surface area contributed by atoms with E-state index in [1.54, 1.807) is 6.20 Å². The lowest BCUT2D eigenvalue weighted by atomic mass is 10.1. The Labute approximate surface area is 92.2 Å². The molecule has 16 heavy (non-hydrogen) atoms. The van der Waals surface area contributed by atoms with Gasteiger partial charge in [-0.2, -0.15) is 4.99 Å². The molecule has 0 spiro atoms. The molecule has 0 atom stereocenters. The van der Waals surface area contributed by atoms with Crippen molar-refractivity contribution in [2.75, 3.05) is 5.73 Å². The standard InChI is InChI=1S/C10H12N6/c11-7-3-1-2-6(4-7)8-5-14-10(15-8)16-9(12)13/h1-5H,11H2,(H5,12,13,14,15,16). The number of aromatic nitrogens is 2. The van der Waals surface area contributed by atoms with E-state index in [2.05, 4.69) is 15.0 Å². The van der Waals surface area contributed by atoms with Gasteiger partial charge in [0.15, 0.2) is 5.96 Å². The van der Waals surface area contributed by atoms with Crippen LogP contribution in [0, 0.1) is 0 Å². The molecule has 1 aromatic carbocycles. The van der Waals surface area contributed by atoms with Crippen molar-refractivity contribution in [1.82, 2.24) is 9.97 Å². The first-order valence-corrected chi connectivity index (χ1v) is 4.66. The average molecular weight is 216 g/mol. The van der Waals surface area contributed by atoms with E-state index in [9.17, 15) is 0 Å². The van der Waals surface area contributed by atoms with Crippen LogP contribution >= 0.6 is 0 Å². The Balaban J connectivity index is 2.35. The van der Waals surface area contributed by atoms with Crippen LogP contribution < -0.4 is 17.2 Å². The molecule has 6 nitrogen and oxygen atoms in total. The number of guanidine groups is 1. The van der Waals surface area contributed by atoms with Gasteiger partial charge in [-0.15, -0.1) is 0 Å². The molecule has 0 amide bonds. The Kier molecular flexibility index (Phi) is 2.47. The second-order valence-electron chi connectivity index (χ2n) is 3.28. The van der Waals surface area contributed by atoms with Gasteiger partial charge < -0.3 is 22.2 Å². The zero-order valence-electron chi connectivity index (χ0n) is 8.51. The number of benzene rings is 1. The molecule has 7 N–H and O–H groups in total. The van der Waals surface area contributed by atoms with Crippen molar-refractivity contribution in [3.05, 3.63) is 30.5 Å². The summed E-state index contributed by atoms with van der Waals surface area (Å²) >= 11 is 0. The largest absolute Gasteiger partial charge is 0.399 e. The van der Waals surface area contributed by atoms with E-state index in [1.807, 2.05) is 24.3 Å². The fourth-order valence-electron chi connectivity index (χ4n) is 1.34. The van der Waals surface area contributed by atoms with E-state index in [0.717, 1.165) is 11.3 Å². The molecular formula is C10H12N6. The number of rotatable bonds is 2. The summed E-state index contributed by atoms with van der Waals surface area (Å²) in [6.07, 6.45) is 1.65. The second kappa shape index (κ2) is 3.93.